The highest BCUT2D eigenvalue weighted by Gasteiger charge is 2.74. The highest BCUT2D eigenvalue weighted by Crippen LogP contribution is 2.66. The van der Waals surface area contributed by atoms with Gasteiger partial charge in [0.2, 0.25) is 5.91 Å². The molecule has 2 bridgehead atoms. The van der Waals surface area contributed by atoms with Crippen LogP contribution in [0, 0.1) is 11.8 Å². The number of para-hydroxylation sites is 1. The van der Waals surface area contributed by atoms with Crippen LogP contribution in [0.2, 0.25) is 5.02 Å². The molecule has 0 aromatic heterocycles. The zero-order valence-electron chi connectivity index (χ0n) is 18.9. The Morgan fingerprint density at radius 1 is 1.32 bits per heavy atom. The molecule has 3 saturated heterocycles. The molecule has 1 N–H and O–H groups in total. The number of hydrogen-bond donors (Lipinski definition) is 1. The van der Waals surface area contributed by atoms with Gasteiger partial charge in [0.15, 0.2) is 0 Å². The summed E-state index contributed by atoms with van der Waals surface area (Å²) >= 11 is 8.01. The molecule has 0 aliphatic carbocycles. The van der Waals surface area contributed by atoms with E-state index in [0.29, 0.717) is 23.6 Å². The van der Waals surface area contributed by atoms with Crippen LogP contribution in [-0.4, -0.2) is 70.1 Å². The first kappa shape index (κ1) is 24.8. The van der Waals surface area contributed by atoms with E-state index >= 15 is 0 Å². The quantitative estimate of drug-likeness (QED) is 0.389. The first-order valence-corrected chi connectivity index (χ1v) is 12.7. The van der Waals surface area contributed by atoms with Crippen molar-refractivity contribution in [3.63, 3.8) is 0 Å². The number of aliphatic hydroxyl groups excluding tert-OH is 1. The molecule has 0 saturated carbocycles. The second-order valence-electron chi connectivity index (χ2n) is 8.77. The van der Waals surface area contributed by atoms with Crippen LogP contribution in [0.5, 0.6) is 0 Å². The average molecular weight is 505 g/mol. The van der Waals surface area contributed by atoms with Crippen LogP contribution in [0.1, 0.15) is 19.3 Å². The molecule has 1 aromatic carbocycles. The van der Waals surface area contributed by atoms with Gasteiger partial charge in [0, 0.05) is 24.9 Å². The Morgan fingerprint density at radius 2 is 2.09 bits per heavy atom. The monoisotopic (exact) mass is 504 g/mol. The number of anilines is 1. The zero-order valence-corrected chi connectivity index (χ0v) is 20.5. The van der Waals surface area contributed by atoms with Gasteiger partial charge in [-0.25, -0.2) is 0 Å². The normalized spacial score (nSPS) is 29.1. The van der Waals surface area contributed by atoms with Crippen molar-refractivity contribution in [2.24, 2.45) is 11.8 Å². The highest BCUT2D eigenvalue weighted by molar-refractivity contribution is 8.02. The number of carbonyl (C=O) groups excluding carboxylic acids is 3. The van der Waals surface area contributed by atoms with E-state index in [1.54, 1.807) is 51.9 Å². The molecular weight excluding hydrogens is 476 g/mol. The number of hydrogen-bond acceptors (Lipinski definition) is 6. The Balaban J connectivity index is 1.75. The summed E-state index contributed by atoms with van der Waals surface area (Å²) in [6, 6.07) is 6.29. The maximum atomic E-state index is 14.2. The Morgan fingerprint density at radius 3 is 2.76 bits per heavy atom. The Bertz CT molecular complexity index is 1000. The SMILES string of the molecule is C=CCOC(=O)[C@@H]1[C@H]2C(=O)N(CCCO)C(C(=O)N(CC=C)c3ccccc3Cl)C23CC[C@H]1S3. The summed E-state index contributed by atoms with van der Waals surface area (Å²) < 4.78 is 4.63. The third kappa shape index (κ3) is 3.95. The minimum atomic E-state index is -0.778. The average Bonchev–Trinajstić information content (AvgIpc) is 3.47. The zero-order chi connectivity index (χ0) is 24.5. The minimum Gasteiger partial charge on any atom is -0.461 e. The summed E-state index contributed by atoms with van der Waals surface area (Å²) in [5, 5.41) is 9.81. The van der Waals surface area contributed by atoms with E-state index in [4.69, 9.17) is 16.3 Å². The predicted octanol–water partition coefficient (Wildman–Crippen LogP) is 3.06. The number of benzene rings is 1. The van der Waals surface area contributed by atoms with Crippen molar-refractivity contribution in [1.82, 2.24) is 4.90 Å². The summed E-state index contributed by atoms with van der Waals surface area (Å²) in [5.41, 5.74) is 0.544. The summed E-state index contributed by atoms with van der Waals surface area (Å²) in [4.78, 5) is 44.0. The fraction of sp³-hybridized carbons (Fsp3) is 0.480. The Hall–Kier alpha value is -2.29. The van der Waals surface area contributed by atoms with Crippen molar-refractivity contribution in [1.29, 1.82) is 0 Å². The number of thioether (sulfide) groups is 1. The molecule has 34 heavy (non-hydrogen) atoms. The van der Waals surface area contributed by atoms with Gasteiger partial charge < -0.3 is 19.6 Å². The maximum Gasteiger partial charge on any atom is 0.311 e. The number of fused-ring (bicyclic) bond motifs is 1. The van der Waals surface area contributed by atoms with Gasteiger partial charge in [-0.05, 0) is 31.4 Å². The van der Waals surface area contributed by atoms with Gasteiger partial charge in [-0.3, -0.25) is 14.4 Å². The fourth-order valence-electron chi connectivity index (χ4n) is 5.67. The largest absolute Gasteiger partial charge is 0.461 e. The summed E-state index contributed by atoms with van der Waals surface area (Å²) in [6.45, 7) is 7.82. The minimum absolute atomic E-state index is 0.0743. The van der Waals surface area contributed by atoms with E-state index < -0.39 is 28.6 Å². The molecule has 3 fully saturated rings. The number of aliphatic hydroxyl groups is 1. The molecule has 4 rings (SSSR count). The van der Waals surface area contributed by atoms with Gasteiger partial charge in [0.25, 0.3) is 5.91 Å². The van der Waals surface area contributed by atoms with Gasteiger partial charge in [-0.1, -0.05) is 42.5 Å². The van der Waals surface area contributed by atoms with Gasteiger partial charge in [-0.15, -0.1) is 18.3 Å². The van der Waals surface area contributed by atoms with Crippen LogP contribution in [-0.2, 0) is 19.1 Å². The first-order valence-electron chi connectivity index (χ1n) is 11.4. The number of likely N-dealkylation sites (tertiary alicyclic amines) is 1. The van der Waals surface area contributed by atoms with Crippen molar-refractivity contribution in [2.75, 3.05) is 31.2 Å². The van der Waals surface area contributed by atoms with Crippen molar-refractivity contribution < 1.29 is 24.2 Å². The standard InChI is InChI=1S/C25H29ClN2O5S/c1-3-12-27(17-9-6-5-8-16(17)26)23(31)21-25-11-10-18(34-25)19(24(32)33-15-4-2)20(25)22(30)28(21)13-7-14-29/h3-6,8-9,18-21,29H,1-2,7,10-15H2/t18-,19+,20+,21?,25?/m1/s1. The topological polar surface area (TPSA) is 87.1 Å². The maximum absolute atomic E-state index is 14.2. The Kier molecular flexibility index (Phi) is 7.40. The second-order valence-corrected chi connectivity index (χ2v) is 10.8. The van der Waals surface area contributed by atoms with Crippen molar-refractivity contribution in [3.8, 4) is 0 Å². The van der Waals surface area contributed by atoms with Crippen LogP contribution in [0.4, 0.5) is 5.69 Å². The number of halogens is 1. The van der Waals surface area contributed by atoms with Crippen LogP contribution in [0.15, 0.2) is 49.6 Å². The molecule has 5 atom stereocenters. The van der Waals surface area contributed by atoms with E-state index in [1.165, 1.54) is 6.08 Å². The van der Waals surface area contributed by atoms with Crippen LogP contribution in [0.3, 0.4) is 0 Å². The number of ether oxygens (including phenoxy) is 1. The lowest BCUT2D eigenvalue weighted by molar-refractivity contribution is -0.153. The van der Waals surface area contributed by atoms with Crippen LogP contribution in [0.25, 0.3) is 0 Å². The predicted molar refractivity (Wildman–Crippen MR) is 133 cm³/mol. The van der Waals surface area contributed by atoms with Crippen LogP contribution < -0.4 is 4.90 Å². The molecule has 9 heteroatoms. The molecule has 0 radical (unpaired) electrons. The third-order valence-corrected chi connectivity index (χ3v) is 9.20. The van der Waals surface area contributed by atoms with Crippen molar-refractivity contribution in [3.05, 3.63) is 54.6 Å². The molecule has 182 valence electrons. The first-order chi connectivity index (χ1) is 16.4. The van der Waals surface area contributed by atoms with Gasteiger partial charge in [0.1, 0.15) is 12.6 Å². The van der Waals surface area contributed by atoms with Gasteiger partial charge in [0.05, 0.1) is 27.3 Å². The molecular formula is C25H29ClN2O5S. The molecule has 2 unspecified atom stereocenters. The highest BCUT2D eigenvalue weighted by atomic mass is 35.5. The number of rotatable bonds is 10. The van der Waals surface area contributed by atoms with Gasteiger partial charge in [-0.2, -0.15) is 0 Å². The van der Waals surface area contributed by atoms with Crippen molar-refractivity contribution in [2.45, 2.75) is 35.3 Å². The number of nitrogens with zero attached hydrogens (tertiary/aromatic N) is 2. The lowest BCUT2D eigenvalue weighted by atomic mass is 9.71. The van der Waals surface area contributed by atoms with E-state index in [2.05, 4.69) is 13.2 Å². The molecule has 2 amide bonds. The third-order valence-electron chi connectivity index (χ3n) is 6.93. The van der Waals surface area contributed by atoms with Gasteiger partial charge >= 0.3 is 5.97 Å². The summed E-state index contributed by atoms with van der Waals surface area (Å²) in [7, 11) is 0. The molecule has 7 nitrogen and oxygen atoms in total. The molecule has 3 aliphatic heterocycles. The number of amides is 2. The molecule has 3 heterocycles. The Labute approximate surface area is 208 Å². The summed E-state index contributed by atoms with van der Waals surface area (Å²) in [5.74, 6) is -2.14. The lowest BCUT2D eigenvalue weighted by Gasteiger charge is -2.37. The fourth-order valence-corrected chi connectivity index (χ4v) is 8.11. The number of carbonyl (C=O) groups is 3. The summed E-state index contributed by atoms with van der Waals surface area (Å²) in [6.07, 6.45) is 4.85. The van der Waals surface area contributed by atoms with Crippen molar-refractivity contribution >= 4 is 46.8 Å². The van der Waals surface area contributed by atoms with E-state index in [1.807, 2.05) is 0 Å². The molecule has 1 spiro atoms. The van der Waals surface area contributed by atoms with E-state index in [-0.39, 0.29) is 43.4 Å². The smallest absolute Gasteiger partial charge is 0.311 e. The molecule has 3 aliphatic rings. The van der Waals surface area contributed by atoms with E-state index in [0.717, 1.165) is 6.42 Å². The number of esters is 1. The van der Waals surface area contributed by atoms with E-state index in [9.17, 15) is 19.5 Å². The van der Waals surface area contributed by atoms with Crippen LogP contribution >= 0.6 is 23.4 Å². The second kappa shape index (κ2) is 10.1. The lowest BCUT2D eigenvalue weighted by Crippen LogP contribution is -2.55. The molecule has 1 aromatic rings.